The molecule has 0 unspecified atom stereocenters. The largest absolute Gasteiger partial charge is 0.494 e. The van der Waals surface area contributed by atoms with Gasteiger partial charge in [-0.05, 0) is 43.0 Å². The maximum Gasteiger partial charge on any atom is 0.235 e. The highest BCUT2D eigenvalue weighted by Crippen LogP contribution is 2.40. The maximum atomic E-state index is 13.4. The molecule has 1 fully saturated rings. The van der Waals surface area contributed by atoms with E-state index in [1.54, 1.807) is 12.1 Å². The van der Waals surface area contributed by atoms with Crippen LogP contribution < -0.4 is 10.1 Å². The Morgan fingerprint density at radius 1 is 1.14 bits per heavy atom. The lowest BCUT2D eigenvalue weighted by Crippen LogP contribution is -2.42. The topological polar surface area (TPSA) is 62.1 Å². The van der Waals surface area contributed by atoms with E-state index in [0.29, 0.717) is 23.6 Å². The molecule has 0 aromatic heterocycles. The minimum Gasteiger partial charge on any atom is -0.494 e. The van der Waals surface area contributed by atoms with Gasteiger partial charge in [0.15, 0.2) is 0 Å². The Labute approximate surface area is 167 Å². The van der Waals surface area contributed by atoms with Crippen LogP contribution in [0.25, 0.3) is 0 Å². The molecular weight excluding hydrogens is 348 g/mol. The molecule has 0 heterocycles. The van der Waals surface area contributed by atoms with Crippen LogP contribution in [-0.2, 0) is 10.2 Å². The van der Waals surface area contributed by atoms with Crippen LogP contribution in [0.3, 0.4) is 0 Å². The summed E-state index contributed by atoms with van der Waals surface area (Å²) in [6.07, 6.45) is 6.94. The zero-order chi connectivity index (χ0) is 19.8. The van der Waals surface area contributed by atoms with Gasteiger partial charge in [-0.2, -0.15) is 5.26 Å². The Hall–Kier alpha value is -2.80. The average Bonchev–Trinajstić information content (AvgIpc) is 2.76. The van der Waals surface area contributed by atoms with E-state index in [-0.39, 0.29) is 5.91 Å². The second-order valence-electron chi connectivity index (χ2n) is 7.48. The van der Waals surface area contributed by atoms with E-state index in [0.717, 1.165) is 50.5 Å². The normalized spacial score (nSPS) is 15.4. The first-order chi connectivity index (χ1) is 13.7. The van der Waals surface area contributed by atoms with Crippen molar-refractivity contribution in [2.24, 2.45) is 0 Å². The van der Waals surface area contributed by atoms with Gasteiger partial charge < -0.3 is 10.1 Å². The van der Waals surface area contributed by atoms with Crippen LogP contribution in [0.1, 0.15) is 63.0 Å². The highest BCUT2D eigenvalue weighted by atomic mass is 16.5. The third-order valence-corrected chi connectivity index (χ3v) is 5.59. The van der Waals surface area contributed by atoms with E-state index < -0.39 is 5.41 Å². The van der Waals surface area contributed by atoms with Gasteiger partial charge in [0.05, 0.1) is 23.3 Å². The van der Waals surface area contributed by atoms with E-state index in [9.17, 15) is 10.1 Å². The zero-order valence-electron chi connectivity index (χ0n) is 16.5. The van der Waals surface area contributed by atoms with E-state index in [1.807, 2.05) is 36.4 Å². The minimum absolute atomic E-state index is 0.0189. The van der Waals surface area contributed by atoms with Crippen LogP contribution in [0.2, 0.25) is 0 Å². The van der Waals surface area contributed by atoms with E-state index in [4.69, 9.17) is 4.74 Å². The summed E-state index contributed by atoms with van der Waals surface area (Å²) in [5.74, 6) is 0.646. The van der Waals surface area contributed by atoms with Gasteiger partial charge in [-0.25, -0.2) is 0 Å². The quantitative estimate of drug-likeness (QED) is 0.642. The van der Waals surface area contributed by atoms with Gasteiger partial charge in [0, 0.05) is 0 Å². The lowest BCUT2D eigenvalue weighted by Gasteiger charge is -2.36. The predicted molar refractivity (Wildman–Crippen MR) is 111 cm³/mol. The summed E-state index contributed by atoms with van der Waals surface area (Å²) in [5.41, 5.74) is 1.52. The summed E-state index contributed by atoms with van der Waals surface area (Å²) in [7, 11) is 0. The number of carbonyl (C=O) groups is 1. The van der Waals surface area contributed by atoms with E-state index in [1.165, 1.54) is 0 Å². The number of hydrogen-bond acceptors (Lipinski definition) is 3. The molecule has 0 spiro atoms. The monoisotopic (exact) mass is 376 g/mol. The Morgan fingerprint density at radius 3 is 2.57 bits per heavy atom. The lowest BCUT2D eigenvalue weighted by atomic mass is 9.68. The van der Waals surface area contributed by atoms with Crippen LogP contribution in [0.15, 0.2) is 48.5 Å². The van der Waals surface area contributed by atoms with Crippen LogP contribution in [-0.4, -0.2) is 12.5 Å². The van der Waals surface area contributed by atoms with Crippen molar-refractivity contribution >= 4 is 11.6 Å². The number of nitrogens with zero attached hydrogens (tertiary/aromatic N) is 1. The molecule has 0 atom stereocenters. The number of amides is 1. The molecule has 1 N–H and O–H groups in total. The Morgan fingerprint density at radius 2 is 1.89 bits per heavy atom. The molecule has 0 saturated heterocycles. The Bertz CT molecular complexity index is 833. The summed E-state index contributed by atoms with van der Waals surface area (Å²) in [5, 5.41) is 12.6. The number of nitriles is 1. The van der Waals surface area contributed by atoms with Crippen molar-refractivity contribution in [3.05, 3.63) is 59.7 Å². The summed E-state index contributed by atoms with van der Waals surface area (Å²) in [6, 6.07) is 17.5. The van der Waals surface area contributed by atoms with Crippen molar-refractivity contribution in [2.45, 2.75) is 57.3 Å². The number of ether oxygens (including phenoxy) is 1. The SMILES string of the molecule is CCCCOc1ccc(NC(=O)C2(c3ccccc3)CCCCC2)c(C#N)c1. The van der Waals surface area contributed by atoms with E-state index >= 15 is 0 Å². The summed E-state index contributed by atoms with van der Waals surface area (Å²) < 4.78 is 5.69. The first-order valence-corrected chi connectivity index (χ1v) is 10.2. The first kappa shape index (κ1) is 19.9. The fourth-order valence-corrected chi connectivity index (χ4v) is 3.95. The molecule has 4 nitrogen and oxygen atoms in total. The fraction of sp³-hybridized carbons (Fsp3) is 0.417. The number of benzene rings is 2. The molecule has 2 aromatic carbocycles. The molecule has 1 saturated carbocycles. The van der Waals surface area contributed by atoms with Crippen LogP contribution >= 0.6 is 0 Å². The summed E-state index contributed by atoms with van der Waals surface area (Å²) in [4.78, 5) is 13.4. The van der Waals surface area contributed by atoms with Gasteiger partial charge in [-0.15, -0.1) is 0 Å². The molecule has 0 bridgehead atoms. The molecule has 3 rings (SSSR count). The van der Waals surface area contributed by atoms with Crippen molar-refractivity contribution in [1.82, 2.24) is 0 Å². The summed E-state index contributed by atoms with van der Waals surface area (Å²) in [6.45, 7) is 2.74. The second kappa shape index (κ2) is 9.41. The highest BCUT2D eigenvalue weighted by molar-refractivity contribution is 6.00. The van der Waals surface area contributed by atoms with Crippen molar-refractivity contribution in [3.63, 3.8) is 0 Å². The number of carbonyl (C=O) groups excluding carboxylic acids is 1. The smallest absolute Gasteiger partial charge is 0.235 e. The van der Waals surface area contributed by atoms with Gasteiger partial charge in [-0.3, -0.25) is 4.79 Å². The van der Waals surface area contributed by atoms with Gasteiger partial charge in [0.1, 0.15) is 11.8 Å². The average molecular weight is 377 g/mol. The highest BCUT2D eigenvalue weighted by Gasteiger charge is 2.41. The van der Waals surface area contributed by atoms with E-state index in [2.05, 4.69) is 18.3 Å². The molecule has 1 amide bonds. The summed E-state index contributed by atoms with van der Waals surface area (Å²) >= 11 is 0. The predicted octanol–water partition coefficient (Wildman–Crippen LogP) is 5.58. The molecule has 0 aliphatic heterocycles. The van der Waals surface area contributed by atoms with Crippen molar-refractivity contribution in [1.29, 1.82) is 5.26 Å². The Balaban J connectivity index is 1.83. The first-order valence-electron chi connectivity index (χ1n) is 10.2. The third-order valence-electron chi connectivity index (χ3n) is 5.59. The molecule has 1 aliphatic carbocycles. The van der Waals surface area contributed by atoms with Crippen LogP contribution in [0, 0.1) is 11.3 Å². The maximum absolute atomic E-state index is 13.4. The van der Waals surface area contributed by atoms with Gasteiger partial charge in [-0.1, -0.05) is 62.9 Å². The van der Waals surface area contributed by atoms with Crippen LogP contribution in [0.5, 0.6) is 5.75 Å². The molecule has 28 heavy (non-hydrogen) atoms. The Kier molecular flexibility index (Phi) is 6.71. The second-order valence-corrected chi connectivity index (χ2v) is 7.48. The molecular formula is C24H28N2O2. The minimum atomic E-state index is -0.525. The molecule has 1 aliphatic rings. The van der Waals surface area contributed by atoms with Crippen molar-refractivity contribution in [2.75, 3.05) is 11.9 Å². The molecule has 4 heteroatoms. The number of hydrogen-bond donors (Lipinski definition) is 1. The number of nitrogens with one attached hydrogen (secondary N) is 1. The number of rotatable bonds is 7. The number of anilines is 1. The lowest BCUT2D eigenvalue weighted by molar-refractivity contribution is -0.122. The van der Waals surface area contributed by atoms with Crippen LogP contribution in [0.4, 0.5) is 5.69 Å². The fourth-order valence-electron chi connectivity index (χ4n) is 3.95. The van der Waals surface area contributed by atoms with Gasteiger partial charge in [0.25, 0.3) is 0 Å². The molecule has 0 radical (unpaired) electrons. The third kappa shape index (κ3) is 4.36. The standard InChI is InChI=1S/C24H28N2O2/c1-2-3-16-28-21-12-13-22(19(17-21)18-25)26-23(27)24(14-8-5-9-15-24)20-10-6-4-7-11-20/h4,6-7,10-13,17H,2-3,5,8-9,14-16H2,1H3,(H,26,27). The van der Waals surface area contributed by atoms with Crippen molar-refractivity contribution in [3.8, 4) is 11.8 Å². The van der Waals surface area contributed by atoms with Gasteiger partial charge >= 0.3 is 0 Å². The molecule has 2 aromatic rings. The zero-order valence-corrected chi connectivity index (χ0v) is 16.5. The number of unbranched alkanes of at least 4 members (excludes halogenated alkanes) is 1. The molecule has 146 valence electrons. The van der Waals surface area contributed by atoms with Crippen molar-refractivity contribution < 1.29 is 9.53 Å². The van der Waals surface area contributed by atoms with Gasteiger partial charge in [0.2, 0.25) is 5.91 Å².